The number of ether oxygens (including phenoxy) is 1. The Morgan fingerprint density at radius 3 is 3.10 bits per heavy atom. The summed E-state index contributed by atoms with van der Waals surface area (Å²) in [5, 5.41) is 2.85. The minimum Gasteiger partial charge on any atom is -0.482 e. The minimum atomic E-state index is -0.328. The maximum atomic E-state index is 5.52. The Kier molecular flexibility index (Phi) is 2.29. The molecule has 0 saturated heterocycles. The molecule has 0 aromatic rings. The van der Waals surface area contributed by atoms with Crippen molar-refractivity contribution in [3.05, 3.63) is 10.8 Å². The predicted octanol–water partition coefficient (Wildman–Crippen LogP) is 0.113. The van der Waals surface area contributed by atoms with Crippen LogP contribution in [0.25, 0.3) is 0 Å². The zero-order valence-electron chi connectivity index (χ0n) is 5.47. The quantitative estimate of drug-likeness (QED) is 0.553. The van der Waals surface area contributed by atoms with Crippen molar-refractivity contribution in [2.75, 3.05) is 7.11 Å². The maximum Gasteiger partial charge on any atom is 0.227 e. The molecule has 56 valence electrons. The number of nitrogens with two attached hydrogens (primary N) is 1. The summed E-state index contributed by atoms with van der Waals surface area (Å²) in [4.78, 5) is 3.97. The average molecular weight is 206 g/mol. The predicted molar refractivity (Wildman–Crippen MR) is 42.6 cm³/mol. The van der Waals surface area contributed by atoms with E-state index in [-0.39, 0.29) is 6.17 Å². The highest BCUT2D eigenvalue weighted by molar-refractivity contribution is 9.11. The van der Waals surface area contributed by atoms with Crippen LogP contribution in [0.15, 0.2) is 15.8 Å². The zero-order chi connectivity index (χ0) is 7.56. The lowest BCUT2D eigenvalue weighted by Gasteiger charge is -2.16. The molecule has 0 spiro atoms. The third-order valence-corrected chi connectivity index (χ3v) is 1.48. The molecule has 10 heavy (non-hydrogen) atoms. The molecule has 0 amide bonds. The first-order chi connectivity index (χ1) is 4.74. The van der Waals surface area contributed by atoms with Gasteiger partial charge in [-0.1, -0.05) is 0 Å². The second-order valence-corrected chi connectivity index (χ2v) is 2.58. The molecular weight excluding hydrogens is 198 g/mol. The van der Waals surface area contributed by atoms with Crippen LogP contribution in [0.5, 0.6) is 0 Å². The Morgan fingerprint density at radius 1 is 1.90 bits per heavy atom. The van der Waals surface area contributed by atoms with Crippen molar-refractivity contribution in [2.45, 2.75) is 6.17 Å². The van der Waals surface area contributed by atoms with E-state index < -0.39 is 0 Å². The number of aliphatic imine (C=N–C) groups is 1. The van der Waals surface area contributed by atoms with Crippen LogP contribution in [0.2, 0.25) is 0 Å². The standard InChI is InChI=1S/C5H8BrN3O/c1-10-5-4(7)8-2-3(6)9-5/h2,4,8H,7H2,1H3. The molecular formula is C5H8BrN3O. The molecule has 1 atom stereocenters. The van der Waals surface area contributed by atoms with Gasteiger partial charge in [0.15, 0.2) is 6.17 Å². The summed E-state index contributed by atoms with van der Waals surface area (Å²) in [6, 6.07) is 0. The van der Waals surface area contributed by atoms with E-state index in [1.165, 1.54) is 7.11 Å². The van der Waals surface area contributed by atoms with Gasteiger partial charge in [-0.3, -0.25) is 0 Å². The zero-order valence-corrected chi connectivity index (χ0v) is 7.05. The van der Waals surface area contributed by atoms with Gasteiger partial charge in [0.05, 0.1) is 7.11 Å². The normalized spacial score (nSPS) is 24.5. The topological polar surface area (TPSA) is 59.6 Å². The first-order valence-corrected chi connectivity index (χ1v) is 3.53. The fourth-order valence-corrected chi connectivity index (χ4v) is 0.916. The third kappa shape index (κ3) is 1.48. The second kappa shape index (κ2) is 3.03. The Morgan fingerprint density at radius 2 is 2.60 bits per heavy atom. The highest BCUT2D eigenvalue weighted by atomic mass is 79.9. The first kappa shape index (κ1) is 7.56. The lowest BCUT2D eigenvalue weighted by molar-refractivity contribution is 0.373. The van der Waals surface area contributed by atoms with Crippen LogP contribution in [-0.4, -0.2) is 19.2 Å². The van der Waals surface area contributed by atoms with E-state index in [1.54, 1.807) is 6.20 Å². The monoisotopic (exact) mass is 205 g/mol. The lowest BCUT2D eigenvalue weighted by atomic mass is 10.4. The largest absolute Gasteiger partial charge is 0.482 e. The van der Waals surface area contributed by atoms with Crippen molar-refractivity contribution in [3.8, 4) is 0 Å². The van der Waals surface area contributed by atoms with Gasteiger partial charge in [0.2, 0.25) is 5.90 Å². The van der Waals surface area contributed by atoms with Gasteiger partial charge in [-0.2, -0.15) is 0 Å². The van der Waals surface area contributed by atoms with Gasteiger partial charge in [0.25, 0.3) is 0 Å². The molecule has 0 bridgehead atoms. The number of nitrogens with one attached hydrogen (secondary N) is 1. The SMILES string of the molecule is COC1=NC(Br)=CNC1N. The highest BCUT2D eigenvalue weighted by Gasteiger charge is 2.13. The number of halogens is 1. The van der Waals surface area contributed by atoms with Gasteiger partial charge in [-0.05, 0) is 15.9 Å². The van der Waals surface area contributed by atoms with E-state index in [0.29, 0.717) is 10.5 Å². The average Bonchev–Trinajstić information content (AvgIpc) is 1.94. The molecule has 0 aromatic carbocycles. The smallest absolute Gasteiger partial charge is 0.227 e. The molecule has 0 saturated carbocycles. The van der Waals surface area contributed by atoms with Crippen molar-refractivity contribution < 1.29 is 4.74 Å². The van der Waals surface area contributed by atoms with E-state index in [2.05, 4.69) is 26.2 Å². The van der Waals surface area contributed by atoms with Crippen LogP contribution in [0.3, 0.4) is 0 Å². The van der Waals surface area contributed by atoms with E-state index >= 15 is 0 Å². The van der Waals surface area contributed by atoms with Crippen LogP contribution in [-0.2, 0) is 4.74 Å². The van der Waals surface area contributed by atoms with Crippen LogP contribution in [0.1, 0.15) is 0 Å². The van der Waals surface area contributed by atoms with Crippen molar-refractivity contribution >= 4 is 21.8 Å². The highest BCUT2D eigenvalue weighted by Crippen LogP contribution is 2.09. The molecule has 5 heteroatoms. The van der Waals surface area contributed by atoms with E-state index in [0.717, 1.165) is 0 Å². The number of methoxy groups -OCH3 is 1. The number of nitrogens with zero attached hydrogens (tertiary/aromatic N) is 1. The lowest BCUT2D eigenvalue weighted by Crippen LogP contribution is -2.44. The van der Waals surface area contributed by atoms with Crippen LogP contribution < -0.4 is 11.1 Å². The molecule has 1 aliphatic heterocycles. The summed E-state index contributed by atoms with van der Waals surface area (Å²) in [7, 11) is 1.53. The number of hydrogen-bond acceptors (Lipinski definition) is 4. The van der Waals surface area contributed by atoms with Crippen LogP contribution in [0.4, 0.5) is 0 Å². The molecule has 1 unspecified atom stereocenters. The molecule has 1 rings (SSSR count). The third-order valence-electron chi connectivity index (χ3n) is 1.07. The van der Waals surface area contributed by atoms with Gasteiger partial charge in [-0.25, -0.2) is 4.99 Å². The summed E-state index contributed by atoms with van der Waals surface area (Å²) >= 11 is 3.17. The summed E-state index contributed by atoms with van der Waals surface area (Å²) in [5.41, 5.74) is 5.52. The Bertz CT molecular complexity index is 189. The molecule has 0 radical (unpaired) electrons. The fourth-order valence-electron chi connectivity index (χ4n) is 0.610. The number of hydrogen-bond donors (Lipinski definition) is 2. The molecule has 3 N–H and O–H groups in total. The molecule has 1 aliphatic rings. The number of rotatable bonds is 0. The van der Waals surface area contributed by atoms with Gasteiger partial charge < -0.3 is 15.8 Å². The summed E-state index contributed by atoms with van der Waals surface area (Å²) in [6.07, 6.45) is 1.35. The summed E-state index contributed by atoms with van der Waals surface area (Å²) in [6.45, 7) is 0. The fraction of sp³-hybridized carbons (Fsp3) is 0.400. The maximum absolute atomic E-state index is 5.52. The molecule has 0 fully saturated rings. The van der Waals surface area contributed by atoms with Crippen molar-refractivity contribution in [3.63, 3.8) is 0 Å². The van der Waals surface area contributed by atoms with Gasteiger partial charge in [0.1, 0.15) is 4.61 Å². The summed E-state index contributed by atoms with van der Waals surface area (Å²) in [5.74, 6) is 0.481. The van der Waals surface area contributed by atoms with Crippen molar-refractivity contribution in [2.24, 2.45) is 10.7 Å². The Labute approximate surface area is 67.3 Å². The van der Waals surface area contributed by atoms with Crippen molar-refractivity contribution in [1.29, 1.82) is 0 Å². The Balaban J connectivity index is 2.73. The second-order valence-electron chi connectivity index (χ2n) is 1.77. The summed E-state index contributed by atoms with van der Waals surface area (Å²) < 4.78 is 5.55. The Hall–Kier alpha value is -0.550. The molecule has 1 heterocycles. The van der Waals surface area contributed by atoms with E-state index in [1.807, 2.05) is 0 Å². The van der Waals surface area contributed by atoms with Crippen molar-refractivity contribution in [1.82, 2.24) is 5.32 Å². The van der Waals surface area contributed by atoms with E-state index in [9.17, 15) is 0 Å². The molecule has 4 nitrogen and oxygen atoms in total. The van der Waals surface area contributed by atoms with Crippen LogP contribution in [0, 0.1) is 0 Å². The van der Waals surface area contributed by atoms with Gasteiger partial charge in [0, 0.05) is 6.20 Å². The molecule has 0 aromatic heterocycles. The van der Waals surface area contributed by atoms with Gasteiger partial charge in [-0.15, -0.1) is 0 Å². The first-order valence-electron chi connectivity index (χ1n) is 2.74. The van der Waals surface area contributed by atoms with Gasteiger partial charge >= 0.3 is 0 Å². The van der Waals surface area contributed by atoms with Crippen LogP contribution >= 0.6 is 15.9 Å². The molecule has 0 aliphatic carbocycles. The van der Waals surface area contributed by atoms with E-state index in [4.69, 9.17) is 10.5 Å². The minimum absolute atomic E-state index is 0.328.